The van der Waals surface area contributed by atoms with Crippen LogP contribution < -0.4 is 11.1 Å². The molecule has 3 N–H and O–H groups in total. The van der Waals surface area contributed by atoms with Crippen LogP contribution in [0.1, 0.15) is 27.2 Å². The Bertz CT molecular complexity index is 180. The van der Waals surface area contributed by atoms with Crippen molar-refractivity contribution in [2.24, 2.45) is 11.7 Å². The average molecular weight is 188 g/mol. The van der Waals surface area contributed by atoms with Gasteiger partial charge in [0.05, 0.1) is 4.99 Å². The summed E-state index contributed by atoms with van der Waals surface area (Å²) >= 11 is 4.72. The molecule has 4 heteroatoms. The first kappa shape index (κ1) is 11.4. The minimum absolute atomic E-state index is 0.0128. The maximum absolute atomic E-state index is 11.1. The van der Waals surface area contributed by atoms with Gasteiger partial charge in [-0.25, -0.2) is 0 Å². The van der Waals surface area contributed by atoms with Crippen LogP contribution >= 0.6 is 12.2 Å². The SMILES string of the molecule is CC(CC(N)=S)NC(=O)C(C)C. The molecule has 0 aromatic carbocycles. The Morgan fingerprint density at radius 3 is 2.33 bits per heavy atom. The predicted molar refractivity (Wildman–Crippen MR) is 53.8 cm³/mol. The van der Waals surface area contributed by atoms with Crippen LogP contribution in [0.5, 0.6) is 0 Å². The Kier molecular flexibility index (Phi) is 4.81. The molecule has 1 unspecified atom stereocenters. The molecule has 0 rings (SSSR count). The van der Waals surface area contributed by atoms with E-state index in [9.17, 15) is 4.79 Å². The first-order valence-corrected chi connectivity index (χ1v) is 4.43. The lowest BCUT2D eigenvalue weighted by Gasteiger charge is -2.14. The summed E-state index contributed by atoms with van der Waals surface area (Å²) in [6.45, 7) is 5.59. The van der Waals surface area contributed by atoms with E-state index in [4.69, 9.17) is 18.0 Å². The summed E-state index contributed by atoms with van der Waals surface area (Å²) < 4.78 is 0. The van der Waals surface area contributed by atoms with Gasteiger partial charge in [0.1, 0.15) is 0 Å². The van der Waals surface area contributed by atoms with Gasteiger partial charge in [0.15, 0.2) is 0 Å². The molecule has 0 heterocycles. The van der Waals surface area contributed by atoms with Gasteiger partial charge >= 0.3 is 0 Å². The van der Waals surface area contributed by atoms with E-state index >= 15 is 0 Å². The molecule has 0 aliphatic carbocycles. The van der Waals surface area contributed by atoms with Crippen LogP contribution in [-0.4, -0.2) is 16.9 Å². The van der Waals surface area contributed by atoms with E-state index in [1.54, 1.807) is 0 Å². The summed E-state index contributed by atoms with van der Waals surface area (Å²) in [6.07, 6.45) is 0.563. The molecular weight excluding hydrogens is 172 g/mol. The number of amides is 1. The lowest BCUT2D eigenvalue weighted by atomic mass is 10.1. The van der Waals surface area contributed by atoms with Crippen LogP contribution in [0, 0.1) is 5.92 Å². The molecule has 3 nitrogen and oxygen atoms in total. The Labute approximate surface area is 78.7 Å². The fourth-order valence-electron chi connectivity index (χ4n) is 0.762. The minimum atomic E-state index is 0.0128. The first-order valence-electron chi connectivity index (χ1n) is 4.02. The quantitative estimate of drug-likeness (QED) is 0.642. The third kappa shape index (κ3) is 5.07. The number of nitrogens with one attached hydrogen (secondary N) is 1. The highest BCUT2D eigenvalue weighted by Gasteiger charge is 2.10. The fourth-order valence-corrected chi connectivity index (χ4v) is 1.01. The Balaban J connectivity index is 3.76. The van der Waals surface area contributed by atoms with Crippen LogP contribution in [0.3, 0.4) is 0 Å². The summed E-state index contributed by atoms with van der Waals surface area (Å²) in [5.74, 6) is 0.0533. The van der Waals surface area contributed by atoms with Crippen molar-refractivity contribution >= 4 is 23.1 Å². The van der Waals surface area contributed by atoms with Gasteiger partial charge < -0.3 is 11.1 Å². The third-order valence-corrected chi connectivity index (χ3v) is 1.59. The topological polar surface area (TPSA) is 55.1 Å². The molecule has 0 saturated heterocycles. The number of thiocarbonyl (C=S) groups is 1. The third-order valence-electron chi connectivity index (χ3n) is 1.42. The molecule has 0 spiro atoms. The number of rotatable bonds is 4. The molecule has 1 atom stereocenters. The van der Waals surface area contributed by atoms with E-state index in [0.29, 0.717) is 11.4 Å². The second-order valence-electron chi connectivity index (χ2n) is 3.23. The number of carbonyl (C=O) groups is 1. The molecule has 0 saturated carbocycles. The Morgan fingerprint density at radius 1 is 1.50 bits per heavy atom. The van der Waals surface area contributed by atoms with Gasteiger partial charge in [-0.15, -0.1) is 0 Å². The van der Waals surface area contributed by atoms with Gasteiger partial charge in [-0.05, 0) is 6.92 Å². The molecule has 1 amide bonds. The van der Waals surface area contributed by atoms with E-state index in [1.807, 2.05) is 20.8 Å². The van der Waals surface area contributed by atoms with Crippen molar-refractivity contribution in [3.05, 3.63) is 0 Å². The zero-order chi connectivity index (χ0) is 9.72. The van der Waals surface area contributed by atoms with Crippen molar-refractivity contribution in [1.29, 1.82) is 0 Å². The van der Waals surface area contributed by atoms with E-state index in [0.717, 1.165) is 0 Å². The van der Waals surface area contributed by atoms with Crippen LogP contribution in [0.15, 0.2) is 0 Å². The first-order chi connectivity index (χ1) is 5.43. The predicted octanol–water partition coefficient (Wildman–Crippen LogP) is 0.823. The molecule has 70 valence electrons. The summed E-state index contributed by atoms with van der Waals surface area (Å²) in [5, 5.41) is 2.80. The van der Waals surface area contributed by atoms with Crippen molar-refractivity contribution < 1.29 is 4.79 Å². The van der Waals surface area contributed by atoms with E-state index in [-0.39, 0.29) is 17.9 Å². The van der Waals surface area contributed by atoms with E-state index in [2.05, 4.69) is 5.32 Å². The van der Waals surface area contributed by atoms with E-state index in [1.165, 1.54) is 0 Å². The van der Waals surface area contributed by atoms with Crippen LogP contribution in [-0.2, 0) is 4.79 Å². The van der Waals surface area contributed by atoms with Crippen molar-refractivity contribution in [3.8, 4) is 0 Å². The number of hydrogen-bond donors (Lipinski definition) is 2. The molecule has 12 heavy (non-hydrogen) atoms. The minimum Gasteiger partial charge on any atom is -0.393 e. The van der Waals surface area contributed by atoms with Crippen molar-refractivity contribution in [2.75, 3.05) is 0 Å². The van der Waals surface area contributed by atoms with Crippen molar-refractivity contribution in [3.63, 3.8) is 0 Å². The smallest absolute Gasteiger partial charge is 0.222 e. The normalized spacial score (nSPS) is 12.7. The molecule has 0 fully saturated rings. The van der Waals surface area contributed by atoms with E-state index < -0.39 is 0 Å². The van der Waals surface area contributed by atoms with Gasteiger partial charge in [-0.1, -0.05) is 26.1 Å². The maximum atomic E-state index is 11.1. The van der Waals surface area contributed by atoms with Gasteiger partial charge in [0.25, 0.3) is 0 Å². The number of hydrogen-bond acceptors (Lipinski definition) is 2. The van der Waals surface area contributed by atoms with Gasteiger partial charge in [0.2, 0.25) is 5.91 Å². The average Bonchev–Trinajstić information content (AvgIpc) is 1.84. The maximum Gasteiger partial charge on any atom is 0.222 e. The van der Waals surface area contributed by atoms with Gasteiger partial charge in [-0.3, -0.25) is 4.79 Å². The zero-order valence-corrected chi connectivity index (χ0v) is 8.57. The largest absolute Gasteiger partial charge is 0.393 e. The van der Waals surface area contributed by atoms with Crippen molar-refractivity contribution in [2.45, 2.75) is 33.2 Å². The Morgan fingerprint density at radius 2 is 2.00 bits per heavy atom. The van der Waals surface area contributed by atoms with Gasteiger partial charge in [0, 0.05) is 18.4 Å². The molecule has 0 bridgehead atoms. The molecule has 0 aromatic rings. The lowest BCUT2D eigenvalue weighted by molar-refractivity contribution is -0.124. The van der Waals surface area contributed by atoms with Crippen molar-refractivity contribution in [1.82, 2.24) is 5.32 Å². The second-order valence-corrected chi connectivity index (χ2v) is 3.76. The Hall–Kier alpha value is -0.640. The van der Waals surface area contributed by atoms with Gasteiger partial charge in [-0.2, -0.15) is 0 Å². The number of carbonyl (C=O) groups excluding carboxylic acids is 1. The highest BCUT2D eigenvalue weighted by atomic mass is 32.1. The highest BCUT2D eigenvalue weighted by Crippen LogP contribution is 1.95. The zero-order valence-electron chi connectivity index (χ0n) is 7.76. The standard InChI is InChI=1S/C8H16N2OS/c1-5(2)8(11)10-6(3)4-7(9)12/h5-6H,4H2,1-3H3,(H2,9,12)(H,10,11). The molecular formula is C8H16N2OS. The molecule has 0 aliphatic heterocycles. The fraction of sp³-hybridized carbons (Fsp3) is 0.750. The molecule has 0 radical (unpaired) electrons. The number of nitrogens with two attached hydrogens (primary N) is 1. The van der Waals surface area contributed by atoms with Crippen LogP contribution in [0.2, 0.25) is 0 Å². The lowest BCUT2D eigenvalue weighted by Crippen LogP contribution is -2.37. The summed E-state index contributed by atoms with van der Waals surface area (Å²) in [4.78, 5) is 11.6. The summed E-state index contributed by atoms with van der Waals surface area (Å²) in [6, 6.07) is 0.0393. The monoisotopic (exact) mass is 188 g/mol. The van der Waals surface area contributed by atoms with Crippen LogP contribution in [0.4, 0.5) is 0 Å². The van der Waals surface area contributed by atoms with Crippen LogP contribution in [0.25, 0.3) is 0 Å². The highest BCUT2D eigenvalue weighted by molar-refractivity contribution is 7.80. The molecule has 0 aromatic heterocycles. The summed E-state index contributed by atoms with van der Waals surface area (Å²) in [7, 11) is 0. The molecule has 0 aliphatic rings. The second kappa shape index (κ2) is 5.09. The summed E-state index contributed by atoms with van der Waals surface area (Å²) in [5.41, 5.74) is 5.33.